The molecule has 4 heteroatoms. The lowest BCUT2D eigenvalue weighted by atomic mass is 10.2. The van der Waals surface area contributed by atoms with Crippen LogP contribution >= 0.6 is 11.6 Å². The summed E-state index contributed by atoms with van der Waals surface area (Å²) in [4.78, 5) is 0. The van der Waals surface area contributed by atoms with Crippen molar-refractivity contribution in [1.29, 1.82) is 0 Å². The molecule has 0 atom stereocenters. The van der Waals surface area contributed by atoms with Gasteiger partial charge < -0.3 is 10.5 Å². The van der Waals surface area contributed by atoms with Crippen molar-refractivity contribution < 1.29 is 9.13 Å². The van der Waals surface area contributed by atoms with E-state index in [9.17, 15) is 4.39 Å². The molecule has 0 spiro atoms. The van der Waals surface area contributed by atoms with Gasteiger partial charge in [-0.2, -0.15) is 0 Å². The highest BCUT2D eigenvalue weighted by atomic mass is 35.5. The standard InChI is InChI=1S/C13H11ClFNO/c14-12-7-11(4-5-13(12)16)17-8-9-2-1-3-10(15)6-9/h1-7H,8,16H2. The summed E-state index contributed by atoms with van der Waals surface area (Å²) in [5, 5.41) is 0.446. The van der Waals surface area contributed by atoms with Gasteiger partial charge in [-0.05, 0) is 29.8 Å². The summed E-state index contributed by atoms with van der Waals surface area (Å²) in [5.74, 6) is 0.329. The minimum Gasteiger partial charge on any atom is -0.489 e. The molecule has 0 aliphatic heterocycles. The van der Waals surface area contributed by atoms with Gasteiger partial charge in [0.15, 0.2) is 0 Å². The van der Waals surface area contributed by atoms with E-state index in [0.29, 0.717) is 16.5 Å². The molecule has 0 unspecified atom stereocenters. The Morgan fingerprint density at radius 3 is 2.71 bits per heavy atom. The third-order valence-electron chi connectivity index (χ3n) is 2.27. The molecule has 0 aliphatic rings. The van der Waals surface area contributed by atoms with Gasteiger partial charge in [0.25, 0.3) is 0 Å². The molecule has 0 heterocycles. The summed E-state index contributed by atoms with van der Waals surface area (Å²) >= 11 is 5.86. The van der Waals surface area contributed by atoms with Crippen molar-refractivity contribution in [1.82, 2.24) is 0 Å². The second-order valence-electron chi connectivity index (χ2n) is 3.60. The lowest BCUT2D eigenvalue weighted by Crippen LogP contribution is -1.96. The van der Waals surface area contributed by atoms with Crippen LogP contribution in [-0.4, -0.2) is 0 Å². The Morgan fingerprint density at radius 2 is 2.00 bits per heavy atom. The van der Waals surface area contributed by atoms with Crippen LogP contribution in [0.25, 0.3) is 0 Å². The van der Waals surface area contributed by atoms with Crippen LogP contribution in [-0.2, 0) is 6.61 Å². The summed E-state index contributed by atoms with van der Waals surface area (Å²) < 4.78 is 18.4. The zero-order valence-electron chi connectivity index (χ0n) is 8.99. The van der Waals surface area contributed by atoms with E-state index in [2.05, 4.69) is 0 Å². The number of halogens is 2. The Hall–Kier alpha value is -1.74. The zero-order valence-corrected chi connectivity index (χ0v) is 9.75. The summed E-state index contributed by atoms with van der Waals surface area (Å²) in [7, 11) is 0. The average Bonchev–Trinajstić information content (AvgIpc) is 2.31. The van der Waals surface area contributed by atoms with E-state index in [1.54, 1.807) is 30.3 Å². The highest BCUT2D eigenvalue weighted by Gasteiger charge is 2.00. The smallest absolute Gasteiger partial charge is 0.123 e. The van der Waals surface area contributed by atoms with Crippen molar-refractivity contribution in [2.45, 2.75) is 6.61 Å². The second-order valence-corrected chi connectivity index (χ2v) is 4.01. The van der Waals surface area contributed by atoms with Crippen LogP contribution in [0, 0.1) is 5.82 Å². The Kier molecular flexibility index (Phi) is 3.49. The van der Waals surface area contributed by atoms with E-state index in [1.807, 2.05) is 0 Å². The van der Waals surface area contributed by atoms with Gasteiger partial charge in [0.2, 0.25) is 0 Å². The lowest BCUT2D eigenvalue weighted by Gasteiger charge is -2.07. The van der Waals surface area contributed by atoms with Crippen molar-refractivity contribution in [2.75, 3.05) is 5.73 Å². The van der Waals surface area contributed by atoms with Gasteiger partial charge in [0.1, 0.15) is 18.2 Å². The molecule has 0 aromatic heterocycles. The van der Waals surface area contributed by atoms with Crippen LogP contribution < -0.4 is 10.5 Å². The summed E-state index contributed by atoms with van der Waals surface area (Å²) in [6, 6.07) is 11.3. The number of rotatable bonds is 3. The first-order chi connectivity index (χ1) is 8.15. The predicted octanol–water partition coefficient (Wildman–Crippen LogP) is 3.64. The molecule has 0 aliphatic carbocycles. The minimum absolute atomic E-state index is 0.276. The molecule has 0 saturated carbocycles. The summed E-state index contributed by atoms with van der Waals surface area (Å²) in [6.07, 6.45) is 0. The molecule has 0 saturated heterocycles. The van der Waals surface area contributed by atoms with E-state index >= 15 is 0 Å². The molecule has 2 aromatic rings. The summed E-state index contributed by atoms with van der Waals surface area (Å²) in [5.41, 5.74) is 6.85. The van der Waals surface area contributed by atoms with Crippen LogP contribution in [0.1, 0.15) is 5.56 Å². The SMILES string of the molecule is Nc1ccc(OCc2cccc(F)c2)cc1Cl. The number of hydrogen-bond acceptors (Lipinski definition) is 2. The molecule has 0 radical (unpaired) electrons. The maximum Gasteiger partial charge on any atom is 0.123 e. The molecular weight excluding hydrogens is 241 g/mol. The molecule has 0 bridgehead atoms. The van der Waals surface area contributed by atoms with Gasteiger partial charge in [0.05, 0.1) is 10.7 Å². The van der Waals surface area contributed by atoms with Crippen LogP contribution in [0.4, 0.5) is 10.1 Å². The average molecular weight is 252 g/mol. The zero-order chi connectivity index (χ0) is 12.3. The predicted molar refractivity (Wildman–Crippen MR) is 66.6 cm³/mol. The largest absolute Gasteiger partial charge is 0.489 e. The Balaban J connectivity index is 2.05. The maximum atomic E-state index is 12.9. The van der Waals surface area contributed by atoms with Crippen molar-refractivity contribution in [3.8, 4) is 5.75 Å². The van der Waals surface area contributed by atoms with Gasteiger partial charge >= 0.3 is 0 Å². The van der Waals surface area contributed by atoms with Gasteiger partial charge in [-0.25, -0.2) is 4.39 Å². The van der Waals surface area contributed by atoms with Crippen molar-refractivity contribution in [2.24, 2.45) is 0 Å². The van der Waals surface area contributed by atoms with Crippen LogP contribution in [0.15, 0.2) is 42.5 Å². The van der Waals surface area contributed by atoms with Crippen LogP contribution in [0.2, 0.25) is 5.02 Å². The first-order valence-corrected chi connectivity index (χ1v) is 5.45. The number of hydrogen-bond donors (Lipinski definition) is 1. The quantitative estimate of drug-likeness (QED) is 0.846. The van der Waals surface area contributed by atoms with Crippen molar-refractivity contribution in [3.63, 3.8) is 0 Å². The fourth-order valence-corrected chi connectivity index (χ4v) is 1.56. The van der Waals surface area contributed by atoms with E-state index in [0.717, 1.165) is 5.56 Å². The molecular formula is C13H11ClFNO. The highest BCUT2D eigenvalue weighted by Crippen LogP contribution is 2.24. The van der Waals surface area contributed by atoms with E-state index in [4.69, 9.17) is 22.1 Å². The lowest BCUT2D eigenvalue weighted by molar-refractivity contribution is 0.305. The van der Waals surface area contributed by atoms with Gasteiger partial charge in [-0.1, -0.05) is 23.7 Å². The van der Waals surface area contributed by atoms with Crippen molar-refractivity contribution >= 4 is 17.3 Å². The van der Waals surface area contributed by atoms with Crippen LogP contribution in [0.3, 0.4) is 0 Å². The molecule has 2 N–H and O–H groups in total. The molecule has 2 aromatic carbocycles. The maximum absolute atomic E-state index is 12.9. The molecule has 0 amide bonds. The summed E-state index contributed by atoms with van der Waals surface area (Å²) in [6.45, 7) is 0.290. The first-order valence-electron chi connectivity index (χ1n) is 5.07. The third-order valence-corrected chi connectivity index (χ3v) is 2.59. The molecule has 2 nitrogen and oxygen atoms in total. The number of benzene rings is 2. The van der Waals surface area contributed by atoms with Crippen molar-refractivity contribution in [3.05, 3.63) is 58.9 Å². The highest BCUT2D eigenvalue weighted by molar-refractivity contribution is 6.33. The minimum atomic E-state index is -0.276. The Morgan fingerprint density at radius 1 is 1.18 bits per heavy atom. The van der Waals surface area contributed by atoms with E-state index in [-0.39, 0.29) is 12.4 Å². The number of nitrogen functional groups attached to an aromatic ring is 1. The number of nitrogens with two attached hydrogens (primary N) is 1. The molecule has 88 valence electrons. The monoisotopic (exact) mass is 251 g/mol. The Bertz CT molecular complexity index is 531. The van der Waals surface area contributed by atoms with Gasteiger partial charge in [0, 0.05) is 6.07 Å². The third kappa shape index (κ3) is 3.11. The van der Waals surface area contributed by atoms with Gasteiger partial charge in [-0.15, -0.1) is 0 Å². The second kappa shape index (κ2) is 5.06. The van der Waals surface area contributed by atoms with Gasteiger partial charge in [-0.3, -0.25) is 0 Å². The molecule has 2 rings (SSSR count). The van der Waals surface area contributed by atoms with E-state index in [1.165, 1.54) is 12.1 Å². The first kappa shape index (κ1) is 11.7. The molecule has 17 heavy (non-hydrogen) atoms. The normalized spacial score (nSPS) is 10.2. The Labute approximate surface area is 104 Å². The van der Waals surface area contributed by atoms with E-state index < -0.39 is 0 Å². The topological polar surface area (TPSA) is 35.2 Å². The van der Waals surface area contributed by atoms with Crippen LogP contribution in [0.5, 0.6) is 5.75 Å². The number of ether oxygens (including phenoxy) is 1. The fourth-order valence-electron chi connectivity index (χ4n) is 1.39. The number of anilines is 1. The fraction of sp³-hybridized carbons (Fsp3) is 0.0769. The molecule has 0 fully saturated rings.